The maximum absolute atomic E-state index is 13.1. The number of rotatable bonds is 4. The predicted molar refractivity (Wildman–Crippen MR) is 98.9 cm³/mol. The van der Waals surface area contributed by atoms with E-state index in [1.165, 1.54) is 0 Å². The van der Waals surface area contributed by atoms with E-state index < -0.39 is 0 Å². The van der Waals surface area contributed by atoms with Crippen LogP contribution in [-0.4, -0.2) is 19.1 Å². The highest BCUT2D eigenvalue weighted by atomic mass is 16.5. The number of methoxy groups -OCH3 is 1. The zero-order valence-corrected chi connectivity index (χ0v) is 14.2. The first-order chi connectivity index (χ1) is 11.6. The number of anilines is 1. The topological polar surface area (TPSA) is 29.5 Å². The summed E-state index contributed by atoms with van der Waals surface area (Å²) in [5.74, 6) is 0.823. The van der Waals surface area contributed by atoms with Gasteiger partial charge in [0, 0.05) is 17.3 Å². The van der Waals surface area contributed by atoms with Crippen molar-refractivity contribution in [1.29, 1.82) is 0 Å². The van der Waals surface area contributed by atoms with Crippen molar-refractivity contribution in [3.8, 4) is 5.75 Å². The molecule has 3 aromatic rings. The van der Waals surface area contributed by atoms with Gasteiger partial charge in [0.25, 0.3) is 5.91 Å². The molecule has 0 fully saturated rings. The Morgan fingerprint density at radius 2 is 1.58 bits per heavy atom. The minimum Gasteiger partial charge on any atom is -0.497 e. The smallest absolute Gasteiger partial charge is 0.258 e. The van der Waals surface area contributed by atoms with Gasteiger partial charge in [-0.3, -0.25) is 4.79 Å². The van der Waals surface area contributed by atoms with E-state index in [0.29, 0.717) is 5.56 Å². The number of benzene rings is 3. The van der Waals surface area contributed by atoms with Crippen LogP contribution in [-0.2, 0) is 0 Å². The molecule has 3 rings (SSSR count). The third-order valence-corrected chi connectivity index (χ3v) is 4.06. The van der Waals surface area contributed by atoms with Crippen molar-refractivity contribution in [2.45, 2.75) is 19.9 Å². The van der Waals surface area contributed by atoms with Crippen molar-refractivity contribution in [3.63, 3.8) is 0 Å². The van der Waals surface area contributed by atoms with Crippen LogP contribution in [0.15, 0.2) is 66.7 Å². The van der Waals surface area contributed by atoms with E-state index in [1.54, 1.807) is 7.11 Å². The summed E-state index contributed by atoms with van der Waals surface area (Å²) in [6, 6.07) is 21.5. The minimum atomic E-state index is 0.00826. The molecule has 3 aromatic carbocycles. The largest absolute Gasteiger partial charge is 0.497 e. The molecular weight excluding hydrogens is 298 g/mol. The monoisotopic (exact) mass is 319 g/mol. The third-order valence-electron chi connectivity index (χ3n) is 4.06. The summed E-state index contributed by atoms with van der Waals surface area (Å²) in [5, 5.41) is 2.08. The number of carbonyl (C=O) groups is 1. The van der Waals surface area contributed by atoms with Crippen molar-refractivity contribution in [2.24, 2.45) is 0 Å². The highest BCUT2D eigenvalue weighted by Crippen LogP contribution is 2.24. The summed E-state index contributed by atoms with van der Waals surface area (Å²) in [6.45, 7) is 4.05. The van der Waals surface area contributed by atoms with Gasteiger partial charge in [-0.25, -0.2) is 0 Å². The van der Waals surface area contributed by atoms with Crippen molar-refractivity contribution >= 4 is 22.4 Å². The highest BCUT2D eigenvalue weighted by molar-refractivity contribution is 6.08. The lowest BCUT2D eigenvalue weighted by atomic mass is 10.0. The lowest BCUT2D eigenvalue weighted by molar-refractivity contribution is 0.0980. The van der Waals surface area contributed by atoms with Crippen LogP contribution < -0.4 is 9.64 Å². The predicted octanol–water partition coefficient (Wildman–Crippen LogP) is 4.90. The molecule has 1 amide bonds. The van der Waals surface area contributed by atoms with Crippen LogP contribution >= 0.6 is 0 Å². The Morgan fingerprint density at radius 1 is 0.917 bits per heavy atom. The lowest BCUT2D eigenvalue weighted by Crippen LogP contribution is -2.37. The minimum absolute atomic E-state index is 0.00826. The summed E-state index contributed by atoms with van der Waals surface area (Å²) in [5.41, 5.74) is 1.59. The first-order valence-corrected chi connectivity index (χ1v) is 8.06. The number of para-hydroxylation sites is 1. The Balaban J connectivity index is 2.00. The van der Waals surface area contributed by atoms with E-state index in [0.717, 1.165) is 22.2 Å². The molecular formula is C21H21NO2. The van der Waals surface area contributed by atoms with Crippen LogP contribution in [0.1, 0.15) is 24.2 Å². The number of nitrogens with zero attached hydrogens (tertiary/aromatic N) is 1. The van der Waals surface area contributed by atoms with E-state index in [-0.39, 0.29) is 11.9 Å². The maximum atomic E-state index is 13.1. The van der Waals surface area contributed by atoms with Gasteiger partial charge in [-0.15, -0.1) is 0 Å². The second-order valence-electron chi connectivity index (χ2n) is 6.03. The molecule has 3 nitrogen and oxygen atoms in total. The average molecular weight is 319 g/mol. The summed E-state index contributed by atoms with van der Waals surface area (Å²) in [6.07, 6.45) is 0. The van der Waals surface area contributed by atoms with Crippen LogP contribution in [0.25, 0.3) is 10.8 Å². The van der Waals surface area contributed by atoms with Crippen LogP contribution in [0.2, 0.25) is 0 Å². The van der Waals surface area contributed by atoms with Gasteiger partial charge < -0.3 is 9.64 Å². The van der Waals surface area contributed by atoms with Crippen molar-refractivity contribution in [1.82, 2.24) is 0 Å². The summed E-state index contributed by atoms with van der Waals surface area (Å²) in [7, 11) is 1.65. The molecule has 0 aromatic heterocycles. The Bertz CT molecular complexity index is 856. The second kappa shape index (κ2) is 6.75. The number of carbonyl (C=O) groups excluding carboxylic acids is 1. The highest BCUT2D eigenvalue weighted by Gasteiger charge is 2.20. The Labute approximate surface area is 142 Å². The molecule has 24 heavy (non-hydrogen) atoms. The number of hydrogen-bond acceptors (Lipinski definition) is 2. The molecule has 0 radical (unpaired) electrons. The van der Waals surface area contributed by atoms with Crippen LogP contribution in [0.3, 0.4) is 0 Å². The molecule has 122 valence electrons. The second-order valence-corrected chi connectivity index (χ2v) is 6.03. The fourth-order valence-corrected chi connectivity index (χ4v) is 2.86. The van der Waals surface area contributed by atoms with E-state index >= 15 is 0 Å². The third kappa shape index (κ3) is 3.11. The molecule has 0 spiro atoms. The van der Waals surface area contributed by atoms with Gasteiger partial charge in [-0.2, -0.15) is 0 Å². The molecule has 0 heterocycles. The van der Waals surface area contributed by atoms with Gasteiger partial charge in [0.2, 0.25) is 0 Å². The van der Waals surface area contributed by atoms with E-state index in [9.17, 15) is 4.79 Å². The van der Waals surface area contributed by atoms with Gasteiger partial charge in [0.15, 0.2) is 0 Å². The Hall–Kier alpha value is -2.81. The SMILES string of the molecule is COc1ccc2cc(C(=O)N(c3ccccc3)C(C)C)ccc2c1. The lowest BCUT2D eigenvalue weighted by Gasteiger charge is -2.27. The summed E-state index contributed by atoms with van der Waals surface area (Å²) >= 11 is 0. The van der Waals surface area contributed by atoms with Crippen LogP contribution in [0, 0.1) is 0 Å². The van der Waals surface area contributed by atoms with Crippen molar-refractivity contribution in [3.05, 3.63) is 72.3 Å². The van der Waals surface area contributed by atoms with Crippen LogP contribution in [0.4, 0.5) is 5.69 Å². The number of fused-ring (bicyclic) bond motifs is 1. The van der Waals surface area contributed by atoms with Crippen LogP contribution in [0.5, 0.6) is 5.75 Å². The molecule has 0 aliphatic rings. The van der Waals surface area contributed by atoms with Crippen molar-refractivity contribution in [2.75, 3.05) is 12.0 Å². The average Bonchev–Trinajstić information content (AvgIpc) is 2.61. The van der Waals surface area contributed by atoms with E-state index in [2.05, 4.69) is 0 Å². The molecule has 0 aliphatic heterocycles. The molecule has 0 saturated heterocycles. The Kier molecular flexibility index (Phi) is 4.52. The zero-order valence-electron chi connectivity index (χ0n) is 14.2. The summed E-state index contributed by atoms with van der Waals surface area (Å²) in [4.78, 5) is 14.9. The van der Waals surface area contributed by atoms with Gasteiger partial charge >= 0.3 is 0 Å². The zero-order chi connectivity index (χ0) is 17.1. The van der Waals surface area contributed by atoms with Gasteiger partial charge in [0.05, 0.1) is 7.11 Å². The molecule has 3 heteroatoms. The molecule has 0 N–H and O–H groups in total. The molecule has 0 aliphatic carbocycles. The van der Waals surface area contributed by atoms with Gasteiger partial charge in [-0.05, 0) is 61.0 Å². The fraction of sp³-hybridized carbons (Fsp3) is 0.190. The first-order valence-electron chi connectivity index (χ1n) is 8.06. The number of amides is 1. The first kappa shape index (κ1) is 16.1. The number of hydrogen-bond donors (Lipinski definition) is 0. The normalized spacial score (nSPS) is 10.8. The van der Waals surface area contributed by atoms with E-state index in [1.807, 2.05) is 85.5 Å². The van der Waals surface area contributed by atoms with Gasteiger partial charge in [0.1, 0.15) is 5.75 Å². The number of ether oxygens (including phenoxy) is 1. The molecule has 0 atom stereocenters. The fourth-order valence-electron chi connectivity index (χ4n) is 2.86. The maximum Gasteiger partial charge on any atom is 0.258 e. The van der Waals surface area contributed by atoms with Gasteiger partial charge in [-0.1, -0.05) is 30.3 Å². The molecule has 0 saturated carbocycles. The summed E-state index contributed by atoms with van der Waals surface area (Å²) < 4.78 is 5.25. The van der Waals surface area contributed by atoms with Crippen molar-refractivity contribution < 1.29 is 9.53 Å². The Morgan fingerprint density at radius 3 is 2.25 bits per heavy atom. The molecule has 0 unspecified atom stereocenters. The van der Waals surface area contributed by atoms with E-state index in [4.69, 9.17) is 4.74 Å². The molecule has 0 bridgehead atoms. The standard InChI is InChI=1S/C21H21NO2/c1-15(2)22(19-7-5-4-6-8-19)21(23)18-10-9-17-14-20(24-3)12-11-16(17)13-18/h4-15H,1-3H3. The quantitative estimate of drug-likeness (QED) is 0.684.